The van der Waals surface area contributed by atoms with Crippen molar-refractivity contribution < 1.29 is 48.1 Å². The lowest BCUT2D eigenvalue weighted by atomic mass is 9.55. The van der Waals surface area contributed by atoms with E-state index in [0.717, 1.165) is 53.2 Å². The number of amides is 1. The van der Waals surface area contributed by atoms with Gasteiger partial charge in [-0.1, -0.05) is 90.8 Å². The summed E-state index contributed by atoms with van der Waals surface area (Å²) in [6.45, 7) is 6.20. The quantitative estimate of drug-likeness (QED) is 0.0296. The SMILES string of the molecule is C=CCOC12Oc3ccc(OCc4ccccc4F)cc3C3C(CCCCO)C(CCCCO)C=C(C(=NOCc4ccc([N+](=O)[O-])cc4)CC1N(Cc1cccc4ccccc14)C(=O)OCC)C32. The Morgan fingerprint density at radius 1 is 0.942 bits per heavy atom. The van der Waals surface area contributed by atoms with Crippen LogP contribution in [-0.2, 0) is 34.1 Å². The molecule has 0 radical (unpaired) electrons. The average Bonchev–Trinajstić information content (AvgIpc) is 3.36. The van der Waals surface area contributed by atoms with Gasteiger partial charge in [0.1, 0.15) is 36.6 Å². The number of carbonyl (C=O) groups excluding carboxylic acids is 1. The van der Waals surface area contributed by atoms with Gasteiger partial charge in [-0.3, -0.25) is 15.0 Å². The molecule has 362 valence electrons. The third kappa shape index (κ3) is 10.7. The predicted octanol–water partition coefficient (Wildman–Crippen LogP) is 11.0. The number of rotatable bonds is 22. The van der Waals surface area contributed by atoms with E-state index in [1.165, 1.54) is 18.2 Å². The Kier molecular flexibility index (Phi) is 16.0. The fraction of sp³-hybridized carbons (Fsp3) is 0.382. The number of carbonyl (C=O) groups is 1. The average molecular weight is 942 g/mol. The summed E-state index contributed by atoms with van der Waals surface area (Å²) in [6.07, 6.45) is 7.61. The maximum atomic E-state index is 14.9. The zero-order chi connectivity index (χ0) is 48.3. The molecule has 5 aromatic rings. The topological polar surface area (TPSA) is 162 Å². The molecule has 0 saturated heterocycles. The van der Waals surface area contributed by atoms with Gasteiger partial charge in [-0.15, -0.1) is 6.58 Å². The number of nitro groups is 1. The minimum atomic E-state index is -1.56. The zero-order valence-electron chi connectivity index (χ0n) is 38.9. The number of benzene rings is 5. The number of aliphatic hydroxyl groups excluding tert-OH is 2. The summed E-state index contributed by atoms with van der Waals surface area (Å²) in [4.78, 5) is 33.7. The third-order valence-electron chi connectivity index (χ3n) is 13.6. The van der Waals surface area contributed by atoms with E-state index >= 15 is 0 Å². The smallest absolute Gasteiger partial charge is 0.410 e. The minimum absolute atomic E-state index is 0.00465. The van der Waals surface area contributed by atoms with E-state index in [9.17, 15) is 29.5 Å². The normalized spacial score (nSPS) is 21.9. The molecular weight excluding hydrogens is 882 g/mol. The number of nitrogens with zero attached hydrogens (tertiary/aromatic N) is 3. The number of fused-ring (bicyclic) bond motifs is 3. The molecule has 6 atom stereocenters. The van der Waals surface area contributed by atoms with Gasteiger partial charge >= 0.3 is 6.09 Å². The lowest BCUT2D eigenvalue weighted by molar-refractivity contribution is -0.384. The summed E-state index contributed by atoms with van der Waals surface area (Å²) < 4.78 is 41.7. The fourth-order valence-corrected chi connectivity index (χ4v) is 10.5. The number of halogens is 1. The van der Waals surface area contributed by atoms with Gasteiger partial charge < -0.3 is 34.0 Å². The van der Waals surface area contributed by atoms with Crippen molar-refractivity contribution in [3.8, 4) is 11.5 Å². The predicted molar refractivity (Wildman–Crippen MR) is 260 cm³/mol. The van der Waals surface area contributed by atoms with Gasteiger partial charge in [-0.2, -0.15) is 0 Å². The Bertz CT molecular complexity index is 2650. The molecule has 2 N–H and O–H groups in total. The first kappa shape index (κ1) is 48.8. The molecule has 1 heterocycles. The van der Waals surface area contributed by atoms with Crippen molar-refractivity contribution in [1.82, 2.24) is 4.90 Å². The van der Waals surface area contributed by atoms with Crippen molar-refractivity contribution in [2.75, 3.05) is 26.4 Å². The maximum absolute atomic E-state index is 14.9. The van der Waals surface area contributed by atoms with E-state index in [0.29, 0.717) is 41.2 Å². The van der Waals surface area contributed by atoms with Gasteiger partial charge in [0, 0.05) is 48.8 Å². The van der Waals surface area contributed by atoms with Gasteiger partial charge in [0.15, 0.2) is 0 Å². The molecule has 69 heavy (non-hydrogen) atoms. The molecule has 1 fully saturated rings. The molecule has 6 unspecified atom stereocenters. The van der Waals surface area contributed by atoms with Crippen LogP contribution < -0.4 is 9.47 Å². The van der Waals surface area contributed by atoms with E-state index in [4.69, 9.17) is 28.9 Å². The molecule has 2 aliphatic carbocycles. The highest BCUT2D eigenvalue weighted by molar-refractivity contribution is 6.03. The van der Waals surface area contributed by atoms with Gasteiger partial charge in [0.05, 0.1) is 36.3 Å². The van der Waals surface area contributed by atoms with E-state index in [2.05, 4.69) is 12.7 Å². The van der Waals surface area contributed by atoms with Crippen LogP contribution in [0.4, 0.5) is 14.9 Å². The van der Waals surface area contributed by atoms with Crippen LogP contribution in [0, 0.1) is 33.7 Å². The van der Waals surface area contributed by atoms with Crippen LogP contribution in [0.25, 0.3) is 10.8 Å². The standard InChI is InChI=1S/C55H60FN3O10/c1-3-30-67-55-51(58(54(62)65-4-2)34-40-18-13-17-38-14-5-7-19-44(38)40)33-49(57-68-35-37-22-24-42(25-23-37)59(63)64)46-31-39(15-9-11-28-60)45(20-10-12-29-61)52(53(46)55)47-32-43(26-27-50(47)69-55)66-36-41-16-6-8-21-48(41)56/h3,5-8,13-14,16-19,21-27,31-32,39,45,51-53,60-61H,1,4,9-12,15,20,28-30,33-36H2,2H3. The Morgan fingerprint density at radius 3 is 2.43 bits per heavy atom. The number of ether oxygens (including phenoxy) is 4. The van der Waals surface area contributed by atoms with Crippen LogP contribution in [0.3, 0.4) is 0 Å². The number of allylic oxidation sites excluding steroid dienone is 1. The minimum Gasteiger partial charge on any atom is -0.489 e. The van der Waals surface area contributed by atoms with Crippen LogP contribution in [0.15, 0.2) is 139 Å². The second kappa shape index (κ2) is 22.7. The van der Waals surface area contributed by atoms with Crippen molar-refractivity contribution in [3.63, 3.8) is 0 Å². The molecule has 0 aromatic heterocycles. The third-order valence-corrected chi connectivity index (χ3v) is 13.6. The number of unbranched alkanes of at least 4 members (excludes halogenated alkanes) is 2. The van der Waals surface area contributed by atoms with Gasteiger partial charge in [0.2, 0.25) is 5.79 Å². The van der Waals surface area contributed by atoms with Crippen molar-refractivity contribution >= 4 is 28.3 Å². The second-order valence-corrected chi connectivity index (χ2v) is 17.8. The first-order valence-corrected chi connectivity index (χ1v) is 23.9. The maximum Gasteiger partial charge on any atom is 0.410 e. The highest BCUT2D eigenvalue weighted by Crippen LogP contribution is 2.62. The molecular formula is C55H60FN3O10. The molecule has 1 amide bonds. The molecule has 1 saturated carbocycles. The highest BCUT2D eigenvalue weighted by Gasteiger charge is 2.65. The zero-order valence-corrected chi connectivity index (χ0v) is 38.9. The number of oxime groups is 1. The van der Waals surface area contributed by atoms with Crippen LogP contribution in [0.2, 0.25) is 0 Å². The van der Waals surface area contributed by atoms with Crippen LogP contribution in [-0.4, -0.2) is 70.1 Å². The van der Waals surface area contributed by atoms with Crippen molar-refractivity contribution in [1.29, 1.82) is 0 Å². The van der Waals surface area contributed by atoms with Crippen LogP contribution in [0.5, 0.6) is 11.5 Å². The Balaban J connectivity index is 1.33. The van der Waals surface area contributed by atoms with E-state index in [1.54, 1.807) is 54.3 Å². The molecule has 1 aliphatic heterocycles. The van der Waals surface area contributed by atoms with Crippen molar-refractivity contribution in [2.24, 2.45) is 22.9 Å². The highest BCUT2D eigenvalue weighted by atomic mass is 19.1. The number of nitro benzene ring substituents is 1. The molecule has 5 aromatic carbocycles. The van der Waals surface area contributed by atoms with Gasteiger partial charge in [-0.05, 0) is 108 Å². The number of hydrogen-bond donors (Lipinski definition) is 2. The van der Waals surface area contributed by atoms with Gasteiger partial charge in [-0.25, -0.2) is 9.18 Å². The van der Waals surface area contributed by atoms with E-state index < -0.39 is 28.8 Å². The Hall–Kier alpha value is -6.61. The fourth-order valence-electron chi connectivity index (χ4n) is 10.5. The van der Waals surface area contributed by atoms with Crippen LogP contribution >= 0.6 is 0 Å². The molecule has 14 heteroatoms. The lowest BCUT2D eigenvalue weighted by Gasteiger charge is -2.59. The van der Waals surface area contributed by atoms with Crippen molar-refractivity contribution in [2.45, 2.75) is 89.4 Å². The molecule has 3 aliphatic rings. The summed E-state index contributed by atoms with van der Waals surface area (Å²) >= 11 is 0. The molecule has 0 spiro atoms. The lowest BCUT2D eigenvalue weighted by Crippen LogP contribution is -2.70. The first-order valence-electron chi connectivity index (χ1n) is 23.9. The monoisotopic (exact) mass is 941 g/mol. The largest absolute Gasteiger partial charge is 0.489 e. The summed E-state index contributed by atoms with van der Waals surface area (Å²) in [5.74, 6) is -1.95. The molecule has 13 nitrogen and oxygen atoms in total. The van der Waals surface area contributed by atoms with E-state index in [1.807, 2.05) is 54.6 Å². The second-order valence-electron chi connectivity index (χ2n) is 17.8. The molecule has 0 bridgehead atoms. The van der Waals surface area contributed by atoms with E-state index in [-0.39, 0.29) is 81.9 Å². The summed E-state index contributed by atoms with van der Waals surface area (Å²) in [5.41, 5.74) is 4.16. The van der Waals surface area contributed by atoms with Crippen LogP contribution in [0.1, 0.15) is 80.0 Å². The number of hydrogen-bond acceptors (Lipinski definition) is 11. The number of aliphatic hydroxyl groups is 2. The first-order chi connectivity index (χ1) is 33.7. The summed E-state index contributed by atoms with van der Waals surface area (Å²) in [7, 11) is 0. The molecule has 8 rings (SSSR count). The number of non-ortho nitro benzene ring substituents is 1. The van der Waals surface area contributed by atoms with Crippen molar-refractivity contribution in [3.05, 3.63) is 172 Å². The Labute approximate surface area is 401 Å². The summed E-state index contributed by atoms with van der Waals surface area (Å²) in [6, 6.07) is 31.4. The summed E-state index contributed by atoms with van der Waals surface area (Å²) in [5, 5.41) is 38.4. The Morgan fingerprint density at radius 2 is 1.68 bits per heavy atom. The van der Waals surface area contributed by atoms with Gasteiger partial charge in [0.25, 0.3) is 5.69 Å².